The van der Waals surface area contributed by atoms with Crippen LogP contribution in [0.25, 0.3) is 0 Å². The largest absolute Gasteiger partial charge is 0.493 e. The maximum Gasteiger partial charge on any atom is 0.347 e. The van der Waals surface area contributed by atoms with Crippen LogP contribution in [0.3, 0.4) is 0 Å². The van der Waals surface area contributed by atoms with E-state index in [1.165, 1.54) is 13.0 Å². The third kappa shape index (κ3) is 4.11. The van der Waals surface area contributed by atoms with Gasteiger partial charge in [-0.1, -0.05) is 17.7 Å². The maximum atomic E-state index is 12.5. The van der Waals surface area contributed by atoms with Crippen molar-refractivity contribution in [2.24, 2.45) is 0 Å². The Bertz CT molecular complexity index is 753. The van der Waals surface area contributed by atoms with Crippen LogP contribution < -0.4 is 9.47 Å². The summed E-state index contributed by atoms with van der Waals surface area (Å²) in [5.41, 5.74) is 1.45. The molecule has 0 aliphatic rings. The molecule has 2 aromatic carbocycles. The summed E-state index contributed by atoms with van der Waals surface area (Å²) < 4.78 is 10.8. The SMILES string of the molecule is CCOc1ccc(Cl)cc1C(=O)Oc1cc(C)ccc1C(C)=O. The Kier molecular flexibility index (Phi) is 5.40. The highest BCUT2D eigenvalue weighted by atomic mass is 35.5. The molecular formula is C18H17ClO4. The molecule has 4 nitrogen and oxygen atoms in total. The zero-order chi connectivity index (χ0) is 17.0. The molecule has 0 heterocycles. The standard InChI is InChI=1S/C18H17ClO4/c1-4-22-16-8-6-13(19)10-15(16)18(21)23-17-9-11(2)5-7-14(17)12(3)20/h5-10H,4H2,1-3H3. The number of halogens is 1. The molecule has 0 radical (unpaired) electrons. The Morgan fingerprint density at radius 2 is 1.78 bits per heavy atom. The molecule has 0 saturated heterocycles. The first-order chi connectivity index (χ1) is 10.9. The molecule has 2 rings (SSSR count). The highest BCUT2D eigenvalue weighted by molar-refractivity contribution is 6.31. The van der Waals surface area contributed by atoms with Gasteiger partial charge in [0.25, 0.3) is 0 Å². The molecule has 0 aliphatic heterocycles. The van der Waals surface area contributed by atoms with E-state index in [0.29, 0.717) is 22.9 Å². The molecule has 0 spiro atoms. The number of rotatable bonds is 5. The normalized spacial score (nSPS) is 10.3. The van der Waals surface area contributed by atoms with Gasteiger partial charge in [-0.3, -0.25) is 4.79 Å². The molecule has 0 amide bonds. The van der Waals surface area contributed by atoms with Gasteiger partial charge < -0.3 is 9.47 Å². The first-order valence-corrected chi connectivity index (χ1v) is 7.56. The second-order valence-electron chi connectivity index (χ2n) is 5.02. The minimum atomic E-state index is -0.621. The lowest BCUT2D eigenvalue weighted by atomic mass is 10.1. The van der Waals surface area contributed by atoms with Gasteiger partial charge in [0.15, 0.2) is 5.78 Å². The number of benzene rings is 2. The van der Waals surface area contributed by atoms with E-state index in [1.54, 1.807) is 30.3 Å². The quantitative estimate of drug-likeness (QED) is 0.460. The van der Waals surface area contributed by atoms with Gasteiger partial charge in [0, 0.05) is 5.02 Å². The van der Waals surface area contributed by atoms with Crippen molar-refractivity contribution in [3.8, 4) is 11.5 Å². The van der Waals surface area contributed by atoms with Crippen LogP contribution in [-0.2, 0) is 0 Å². The van der Waals surface area contributed by atoms with Crippen molar-refractivity contribution in [2.45, 2.75) is 20.8 Å². The summed E-state index contributed by atoms with van der Waals surface area (Å²) in [5.74, 6) is -0.183. The summed E-state index contributed by atoms with van der Waals surface area (Å²) in [4.78, 5) is 24.2. The van der Waals surface area contributed by atoms with Crippen LogP contribution >= 0.6 is 11.6 Å². The van der Waals surface area contributed by atoms with E-state index in [1.807, 2.05) is 13.8 Å². The number of carbonyl (C=O) groups is 2. The van der Waals surface area contributed by atoms with E-state index in [4.69, 9.17) is 21.1 Å². The summed E-state index contributed by atoms with van der Waals surface area (Å²) in [5, 5.41) is 0.399. The molecule has 120 valence electrons. The zero-order valence-corrected chi connectivity index (χ0v) is 13.9. The van der Waals surface area contributed by atoms with Crippen LogP contribution in [0.2, 0.25) is 5.02 Å². The number of ether oxygens (including phenoxy) is 2. The van der Waals surface area contributed by atoms with Crippen molar-refractivity contribution in [1.82, 2.24) is 0 Å². The first-order valence-electron chi connectivity index (χ1n) is 7.18. The molecule has 2 aromatic rings. The molecule has 0 N–H and O–H groups in total. The number of hydrogen-bond acceptors (Lipinski definition) is 4. The molecule has 0 bridgehead atoms. The van der Waals surface area contributed by atoms with Gasteiger partial charge in [0.1, 0.15) is 17.1 Å². The highest BCUT2D eigenvalue weighted by Crippen LogP contribution is 2.27. The Morgan fingerprint density at radius 1 is 1.04 bits per heavy atom. The van der Waals surface area contributed by atoms with Crippen molar-refractivity contribution in [3.63, 3.8) is 0 Å². The summed E-state index contributed by atoms with van der Waals surface area (Å²) in [6.45, 7) is 5.50. The molecule has 0 fully saturated rings. The summed E-state index contributed by atoms with van der Waals surface area (Å²) in [7, 11) is 0. The molecule has 5 heteroatoms. The first kappa shape index (κ1) is 17.0. The fourth-order valence-electron chi connectivity index (χ4n) is 2.10. The van der Waals surface area contributed by atoms with E-state index >= 15 is 0 Å². The number of hydrogen-bond donors (Lipinski definition) is 0. The smallest absolute Gasteiger partial charge is 0.347 e. The minimum Gasteiger partial charge on any atom is -0.493 e. The Hall–Kier alpha value is -2.33. The fourth-order valence-corrected chi connectivity index (χ4v) is 2.27. The van der Waals surface area contributed by atoms with E-state index in [9.17, 15) is 9.59 Å². The maximum absolute atomic E-state index is 12.5. The molecule has 0 saturated carbocycles. The number of ketones is 1. The second-order valence-corrected chi connectivity index (χ2v) is 5.46. The van der Waals surface area contributed by atoms with E-state index in [-0.39, 0.29) is 17.1 Å². The Labute approximate surface area is 140 Å². The topological polar surface area (TPSA) is 52.6 Å². The second kappa shape index (κ2) is 7.29. The number of aryl methyl sites for hydroxylation is 1. The van der Waals surface area contributed by atoms with Crippen molar-refractivity contribution >= 4 is 23.4 Å². The fraction of sp³-hybridized carbons (Fsp3) is 0.222. The monoisotopic (exact) mass is 332 g/mol. The average molecular weight is 333 g/mol. The van der Waals surface area contributed by atoms with Crippen LogP contribution in [0.1, 0.15) is 40.1 Å². The van der Waals surface area contributed by atoms with Gasteiger partial charge in [-0.05, 0) is 56.7 Å². The van der Waals surface area contributed by atoms with Crippen LogP contribution in [0.4, 0.5) is 0 Å². The van der Waals surface area contributed by atoms with Gasteiger partial charge in [0.05, 0.1) is 12.2 Å². The Morgan fingerprint density at radius 3 is 2.43 bits per heavy atom. The average Bonchev–Trinajstić information content (AvgIpc) is 2.49. The lowest BCUT2D eigenvalue weighted by Gasteiger charge is -2.12. The molecule has 0 aromatic heterocycles. The lowest BCUT2D eigenvalue weighted by Crippen LogP contribution is -2.13. The van der Waals surface area contributed by atoms with Gasteiger partial charge in [-0.15, -0.1) is 0 Å². The third-order valence-electron chi connectivity index (χ3n) is 3.18. The predicted molar refractivity (Wildman–Crippen MR) is 88.8 cm³/mol. The van der Waals surface area contributed by atoms with E-state index < -0.39 is 5.97 Å². The van der Waals surface area contributed by atoms with Crippen LogP contribution in [0.15, 0.2) is 36.4 Å². The van der Waals surface area contributed by atoms with Crippen molar-refractivity contribution in [1.29, 1.82) is 0 Å². The van der Waals surface area contributed by atoms with Crippen molar-refractivity contribution in [3.05, 3.63) is 58.1 Å². The van der Waals surface area contributed by atoms with Crippen LogP contribution in [0.5, 0.6) is 11.5 Å². The minimum absolute atomic E-state index is 0.177. The van der Waals surface area contributed by atoms with Crippen molar-refractivity contribution in [2.75, 3.05) is 6.61 Å². The number of Topliss-reactive ketones (excluding diaryl/α,β-unsaturated/α-hetero) is 1. The van der Waals surface area contributed by atoms with E-state index in [2.05, 4.69) is 0 Å². The van der Waals surface area contributed by atoms with Crippen LogP contribution in [-0.4, -0.2) is 18.4 Å². The molecule has 0 aliphatic carbocycles. The molecule has 23 heavy (non-hydrogen) atoms. The lowest BCUT2D eigenvalue weighted by molar-refractivity contribution is 0.0728. The Balaban J connectivity index is 2.38. The number of carbonyl (C=O) groups excluding carboxylic acids is 2. The molecule has 0 unspecified atom stereocenters. The van der Waals surface area contributed by atoms with Gasteiger partial charge in [0.2, 0.25) is 0 Å². The molecule has 0 atom stereocenters. The summed E-state index contributed by atoms with van der Waals surface area (Å²) in [6.07, 6.45) is 0. The van der Waals surface area contributed by atoms with Crippen molar-refractivity contribution < 1.29 is 19.1 Å². The highest BCUT2D eigenvalue weighted by Gasteiger charge is 2.18. The third-order valence-corrected chi connectivity index (χ3v) is 3.42. The predicted octanol–water partition coefficient (Wildman–Crippen LogP) is 4.47. The van der Waals surface area contributed by atoms with Gasteiger partial charge >= 0.3 is 5.97 Å². The zero-order valence-electron chi connectivity index (χ0n) is 13.2. The summed E-state index contributed by atoms with van der Waals surface area (Å²) >= 11 is 5.95. The van der Waals surface area contributed by atoms with E-state index in [0.717, 1.165) is 5.56 Å². The van der Waals surface area contributed by atoms with Gasteiger partial charge in [-0.25, -0.2) is 4.79 Å². The van der Waals surface area contributed by atoms with Crippen LogP contribution in [0, 0.1) is 6.92 Å². The summed E-state index contributed by atoms with van der Waals surface area (Å²) in [6, 6.07) is 9.82. The number of esters is 1. The van der Waals surface area contributed by atoms with Gasteiger partial charge in [-0.2, -0.15) is 0 Å². The molecular weight excluding hydrogens is 316 g/mol.